The van der Waals surface area contributed by atoms with Gasteiger partial charge in [-0.05, 0) is 29.0 Å². The number of nitrogens with zero attached hydrogens (tertiary/aromatic N) is 2. The summed E-state index contributed by atoms with van der Waals surface area (Å²) in [5, 5.41) is 19.3. The molecule has 0 aliphatic heterocycles. The molecule has 2 rings (SSSR count). The number of carbonyl (C=O) groups is 1. The molecule has 2 amide bonds. The number of aliphatic hydroxyl groups excluding tert-OH is 1. The average molecular weight is 344 g/mol. The van der Waals surface area contributed by atoms with Gasteiger partial charge in [-0.15, -0.1) is 0 Å². The molecule has 6 heteroatoms. The normalized spacial score (nSPS) is 12.6. The van der Waals surface area contributed by atoms with Crippen LogP contribution in [0.4, 0.5) is 4.79 Å². The Morgan fingerprint density at radius 3 is 2.68 bits per heavy atom. The number of urea groups is 1. The molecular formula is C19H28N4O2. The van der Waals surface area contributed by atoms with Gasteiger partial charge in [0.25, 0.3) is 0 Å². The van der Waals surface area contributed by atoms with Gasteiger partial charge in [0, 0.05) is 18.9 Å². The van der Waals surface area contributed by atoms with Gasteiger partial charge in [-0.3, -0.25) is 4.68 Å². The van der Waals surface area contributed by atoms with Crippen LogP contribution in [-0.4, -0.2) is 33.6 Å². The second kappa shape index (κ2) is 8.67. The van der Waals surface area contributed by atoms with Crippen molar-refractivity contribution >= 4 is 6.03 Å². The topological polar surface area (TPSA) is 79.2 Å². The lowest BCUT2D eigenvalue weighted by Gasteiger charge is -2.25. The molecule has 0 fully saturated rings. The molecule has 0 spiro atoms. The molecule has 1 unspecified atom stereocenters. The number of amides is 2. The second-order valence-corrected chi connectivity index (χ2v) is 7.49. The van der Waals surface area contributed by atoms with Crippen LogP contribution >= 0.6 is 0 Å². The number of carbonyl (C=O) groups excluding carboxylic acids is 1. The first kappa shape index (κ1) is 19.0. The van der Waals surface area contributed by atoms with E-state index in [2.05, 4.69) is 42.6 Å². The van der Waals surface area contributed by atoms with Crippen LogP contribution in [0.1, 0.15) is 38.3 Å². The van der Waals surface area contributed by atoms with E-state index in [0.717, 1.165) is 17.5 Å². The first-order valence-corrected chi connectivity index (χ1v) is 8.56. The Kier molecular flexibility index (Phi) is 6.58. The summed E-state index contributed by atoms with van der Waals surface area (Å²) in [5.41, 5.74) is 2.20. The van der Waals surface area contributed by atoms with Crippen LogP contribution in [0.15, 0.2) is 42.7 Å². The quantitative estimate of drug-likeness (QED) is 0.722. The number of hydrogen-bond acceptors (Lipinski definition) is 3. The maximum absolute atomic E-state index is 12.1. The van der Waals surface area contributed by atoms with Gasteiger partial charge in [-0.2, -0.15) is 5.10 Å². The summed E-state index contributed by atoms with van der Waals surface area (Å²) in [4.78, 5) is 12.1. The molecule has 1 heterocycles. The monoisotopic (exact) mass is 344 g/mol. The Bertz CT molecular complexity index is 662. The highest BCUT2D eigenvalue weighted by molar-refractivity contribution is 5.74. The van der Waals surface area contributed by atoms with Gasteiger partial charge in [-0.25, -0.2) is 4.79 Å². The third-order valence-electron chi connectivity index (χ3n) is 3.76. The SMILES string of the molecule is CC(C)(C)CC(CO)NC(=O)NCc1cccc(Cn2cccn2)c1. The largest absolute Gasteiger partial charge is 0.394 e. The molecule has 0 bridgehead atoms. The number of nitrogens with one attached hydrogen (secondary N) is 2. The summed E-state index contributed by atoms with van der Waals surface area (Å²) in [6, 6.07) is 9.43. The summed E-state index contributed by atoms with van der Waals surface area (Å²) >= 11 is 0. The fourth-order valence-electron chi connectivity index (χ4n) is 2.74. The number of rotatable bonds is 7. The third-order valence-corrected chi connectivity index (χ3v) is 3.76. The van der Waals surface area contributed by atoms with Crippen LogP contribution in [0.3, 0.4) is 0 Å². The number of benzene rings is 1. The zero-order valence-electron chi connectivity index (χ0n) is 15.2. The Morgan fingerprint density at radius 2 is 2.04 bits per heavy atom. The summed E-state index contributed by atoms with van der Waals surface area (Å²) in [6.45, 7) is 7.32. The van der Waals surface area contributed by atoms with Gasteiger partial charge in [0.1, 0.15) is 0 Å². The van der Waals surface area contributed by atoms with Crippen LogP contribution in [0, 0.1) is 5.41 Å². The Morgan fingerprint density at radius 1 is 1.28 bits per heavy atom. The highest BCUT2D eigenvalue weighted by Gasteiger charge is 2.19. The van der Waals surface area contributed by atoms with Crippen molar-refractivity contribution in [2.24, 2.45) is 5.41 Å². The van der Waals surface area contributed by atoms with Crippen molar-refractivity contribution in [1.29, 1.82) is 0 Å². The van der Waals surface area contributed by atoms with Gasteiger partial charge in [0.2, 0.25) is 0 Å². The van der Waals surface area contributed by atoms with Crippen molar-refractivity contribution < 1.29 is 9.90 Å². The van der Waals surface area contributed by atoms with Gasteiger partial charge < -0.3 is 15.7 Å². The van der Waals surface area contributed by atoms with Crippen LogP contribution in [0.5, 0.6) is 0 Å². The molecule has 136 valence electrons. The Hall–Kier alpha value is -2.34. The zero-order chi connectivity index (χ0) is 18.3. The molecule has 0 aliphatic rings. The second-order valence-electron chi connectivity index (χ2n) is 7.49. The summed E-state index contributed by atoms with van der Waals surface area (Å²) < 4.78 is 1.86. The van der Waals surface area contributed by atoms with Crippen molar-refractivity contribution in [2.45, 2.75) is 46.3 Å². The summed E-state index contributed by atoms with van der Waals surface area (Å²) in [5.74, 6) is 0. The third kappa shape index (κ3) is 6.97. The average Bonchev–Trinajstić information content (AvgIpc) is 3.04. The van der Waals surface area contributed by atoms with Crippen molar-refractivity contribution in [2.75, 3.05) is 6.61 Å². The van der Waals surface area contributed by atoms with E-state index in [-0.39, 0.29) is 24.1 Å². The standard InChI is InChI=1S/C19H28N4O2/c1-19(2,3)11-17(14-24)22-18(25)20-12-15-6-4-7-16(10-15)13-23-9-5-8-21-23/h4-10,17,24H,11-14H2,1-3H3,(H2,20,22,25). The highest BCUT2D eigenvalue weighted by Crippen LogP contribution is 2.20. The molecule has 0 saturated carbocycles. The molecule has 6 nitrogen and oxygen atoms in total. The van der Waals surface area contributed by atoms with Gasteiger partial charge in [0.05, 0.1) is 19.2 Å². The molecule has 3 N–H and O–H groups in total. The maximum atomic E-state index is 12.1. The minimum absolute atomic E-state index is 0.0432. The van der Waals surface area contributed by atoms with E-state index in [1.807, 2.05) is 35.1 Å². The van der Waals surface area contributed by atoms with Crippen molar-refractivity contribution in [3.05, 3.63) is 53.9 Å². The van der Waals surface area contributed by atoms with Crippen molar-refractivity contribution in [3.63, 3.8) is 0 Å². The molecule has 0 aliphatic carbocycles. The van der Waals surface area contributed by atoms with E-state index < -0.39 is 0 Å². The molecule has 0 saturated heterocycles. The molecule has 2 aromatic rings. The van der Waals surface area contributed by atoms with E-state index in [9.17, 15) is 9.90 Å². The Balaban J connectivity index is 1.84. The first-order chi connectivity index (χ1) is 11.9. The Labute approximate surface area is 149 Å². The minimum Gasteiger partial charge on any atom is -0.394 e. The minimum atomic E-state index is -0.263. The van der Waals surface area contributed by atoms with E-state index >= 15 is 0 Å². The lowest BCUT2D eigenvalue weighted by molar-refractivity contribution is 0.190. The highest BCUT2D eigenvalue weighted by atomic mass is 16.3. The van der Waals surface area contributed by atoms with Gasteiger partial charge >= 0.3 is 6.03 Å². The number of hydrogen-bond donors (Lipinski definition) is 3. The molecule has 0 radical (unpaired) electrons. The fraction of sp³-hybridized carbons (Fsp3) is 0.474. The van der Waals surface area contributed by atoms with Crippen LogP contribution < -0.4 is 10.6 Å². The van der Waals surface area contributed by atoms with Crippen LogP contribution in [0.2, 0.25) is 0 Å². The fourth-order valence-corrected chi connectivity index (χ4v) is 2.74. The van der Waals surface area contributed by atoms with E-state index in [0.29, 0.717) is 13.1 Å². The predicted octanol–water partition coefficient (Wildman–Crippen LogP) is 2.53. The van der Waals surface area contributed by atoms with Crippen LogP contribution in [0.25, 0.3) is 0 Å². The van der Waals surface area contributed by atoms with E-state index in [1.54, 1.807) is 6.20 Å². The van der Waals surface area contributed by atoms with Gasteiger partial charge in [0.15, 0.2) is 0 Å². The van der Waals surface area contributed by atoms with E-state index in [4.69, 9.17) is 0 Å². The lowest BCUT2D eigenvalue weighted by Crippen LogP contribution is -2.45. The molecule has 1 aromatic heterocycles. The van der Waals surface area contributed by atoms with Crippen LogP contribution in [-0.2, 0) is 13.1 Å². The molecule has 1 atom stereocenters. The van der Waals surface area contributed by atoms with E-state index in [1.165, 1.54) is 0 Å². The first-order valence-electron chi connectivity index (χ1n) is 8.56. The summed E-state index contributed by atoms with van der Waals surface area (Å²) in [7, 11) is 0. The van der Waals surface area contributed by atoms with Crippen molar-refractivity contribution in [3.8, 4) is 0 Å². The number of aromatic nitrogens is 2. The zero-order valence-corrected chi connectivity index (χ0v) is 15.2. The smallest absolute Gasteiger partial charge is 0.315 e. The molecule has 1 aromatic carbocycles. The molecular weight excluding hydrogens is 316 g/mol. The van der Waals surface area contributed by atoms with Gasteiger partial charge in [-0.1, -0.05) is 45.0 Å². The maximum Gasteiger partial charge on any atom is 0.315 e. The van der Waals surface area contributed by atoms with Crippen molar-refractivity contribution in [1.82, 2.24) is 20.4 Å². The summed E-state index contributed by atoms with van der Waals surface area (Å²) in [6.07, 6.45) is 4.39. The predicted molar refractivity (Wildman–Crippen MR) is 98.1 cm³/mol. The lowest BCUT2D eigenvalue weighted by atomic mass is 9.88. The number of aliphatic hydroxyl groups is 1. The molecule has 25 heavy (non-hydrogen) atoms.